The molecular weight excluding hydrogens is 707 g/mol. The number of halogens is 2. The maximum Gasteiger partial charge on any atom is 0.339 e. The van der Waals surface area contributed by atoms with E-state index < -0.39 is 23.4 Å². The van der Waals surface area contributed by atoms with E-state index in [9.17, 15) is 30.0 Å². The molecule has 5 unspecified atom stereocenters. The molecule has 8 heteroatoms. The van der Waals surface area contributed by atoms with E-state index in [-0.39, 0.29) is 21.2 Å². The number of aromatic carboxylic acids is 2. The first-order chi connectivity index (χ1) is 25.0. The zero-order chi connectivity index (χ0) is 38.4. The van der Waals surface area contributed by atoms with Gasteiger partial charge in [0.15, 0.2) is 0 Å². The Morgan fingerprint density at radius 3 is 1.96 bits per heavy atom. The normalized spacial score (nSPS) is 31.3. The molecule has 4 fully saturated rings. The highest BCUT2D eigenvalue weighted by molar-refractivity contribution is 6.33. The molecule has 0 radical (unpaired) electrons. The zero-order valence-corrected chi connectivity index (χ0v) is 33.8. The second kappa shape index (κ2) is 15.8. The van der Waals surface area contributed by atoms with Crippen LogP contribution in [0.15, 0.2) is 30.3 Å². The van der Waals surface area contributed by atoms with Crippen molar-refractivity contribution in [2.75, 3.05) is 0 Å². The standard InChI is InChI=1S/C45H60Cl2O6/c1-25(2)8-6-9-26(3)35-14-15-36-32-13-12-30-20-27(16-18-44(30,4)37(32)17-19-45(35,36)5)10-7-11-31(28-21-33(42(50)51)40(48)38(46)23-28)29-22-34(43(52)53)41(49)39(47)24-29/h11,21-27,30,32,35-37,48-49H,6-10,12-20H2,1-5H3,(H,50,51)(H,52,53)/t26-,27+,30?,32?,35?,36?,37?,44+,45-/m1/s1. The summed E-state index contributed by atoms with van der Waals surface area (Å²) in [7, 11) is 0. The van der Waals surface area contributed by atoms with Crippen molar-refractivity contribution in [3.8, 4) is 11.5 Å². The van der Waals surface area contributed by atoms with E-state index in [0.29, 0.717) is 39.9 Å². The maximum absolute atomic E-state index is 12.0. The van der Waals surface area contributed by atoms with E-state index in [2.05, 4.69) is 34.6 Å². The van der Waals surface area contributed by atoms with Gasteiger partial charge in [0.2, 0.25) is 0 Å². The van der Waals surface area contributed by atoms with Crippen LogP contribution in [0.1, 0.15) is 156 Å². The van der Waals surface area contributed by atoms with Crippen LogP contribution >= 0.6 is 23.2 Å². The van der Waals surface area contributed by atoms with Crippen molar-refractivity contribution in [3.63, 3.8) is 0 Å². The molecule has 6 nitrogen and oxygen atoms in total. The largest absolute Gasteiger partial charge is 0.505 e. The van der Waals surface area contributed by atoms with Crippen LogP contribution in [0.5, 0.6) is 11.5 Å². The van der Waals surface area contributed by atoms with Gasteiger partial charge >= 0.3 is 11.9 Å². The minimum absolute atomic E-state index is 0.122. The molecule has 4 aliphatic rings. The first-order valence-electron chi connectivity index (χ1n) is 20.3. The van der Waals surface area contributed by atoms with Crippen molar-refractivity contribution in [2.24, 2.45) is 58.2 Å². The molecule has 4 aliphatic carbocycles. The van der Waals surface area contributed by atoms with Gasteiger partial charge < -0.3 is 20.4 Å². The van der Waals surface area contributed by atoms with Crippen LogP contribution in [0.25, 0.3) is 5.57 Å². The van der Waals surface area contributed by atoms with E-state index >= 15 is 0 Å². The number of hydrogen-bond donors (Lipinski definition) is 4. The quantitative estimate of drug-likeness (QED) is 0.171. The molecule has 4 saturated carbocycles. The Bertz CT molecular complexity index is 1660. The Balaban J connectivity index is 1.17. The molecule has 2 aromatic rings. The first kappa shape index (κ1) is 40.0. The highest BCUT2D eigenvalue weighted by Crippen LogP contribution is 2.69. The summed E-state index contributed by atoms with van der Waals surface area (Å²) in [6.45, 7) is 12.6. The van der Waals surface area contributed by atoms with Crippen molar-refractivity contribution < 1.29 is 30.0 Å². The Morgan fingerprint density at radius 2 is 1.38 bits per heavy atom. The number of carboxylic acids is 2. The van der Waals surface area contributed by atoms with Crippen LogP contribution in [0.3, 0.4) is 0 Å². The molecule has 290 valence electrons. The number of rotatable bonds is 12. The summed E-state index contributed by atoms with van der Waals surface area (Å²) in [5.74, 6) is 2.64. The summed E-state index contributed by atoms with van der Waals surface area (Å²) in [6.07, 6.45) is 19.8. The van der Waals surface area contributed by atoms with Crippen LogP contribution in [0, 0.1) is 58.2 Å². The molecule has 4 N–H and O–H groups in total. The molecule has 0 aliphatic heterocycles. The second-order valence-electron chi connectivity index (χ2n) is 18.3. The molecule has 0 heterocycles. The average Bonchev–Trinajstić information content (AvgIpc) is 3.46. The van der Waals surface area contributed by atoms with Crippen molar-refractivity contribution in [3.05, 3.63) is 62.6 Å². The summed E-state index contributed by atoms with van der Waals surface area (Å²) < 4.78 is 0. The fourth-order valence-electron chi connectivity index (χ4n) is 12.3. The van der Waals surface area contributed by atoms with Gasteiger partial charge in [-0.05, 0) is 170 Å². The van der Waals surface area contributed by atoms with Gasteiger partial charge in [0.1, 0.15) is 22.6 Å². The molecule has 9 atom stereocenters. The highest BCUT2D eigenvalue weighted by atomic mass is 35.5. The number of carbonyl (C=O) groups is 2. The Labute approximate surface area is 326 Å². The average molecular weight is 768 g/mol. The van der Waals surface area contributed by atoms with Gasteiger partial charge in [-0.2, -0.15) is 0 Å². The summed E-state index contributed by atoms with van der Waals surface area (Å²) in [6, 6.07) is 5.65. The Morgan fingerprint density at radius 1 is 0.792 bits per heavy atom. The molecule has 0 amide bonds. The van der Waals surface area contributed by atoms with E-state index in [4.69, 9.17) is 23.2 Å². The number of phenols is 2. The number of hydrogen-bond acceptors (Lipinski definition) is 4. The van der Waals surface area contributed by atoms with Gasteiger partial charge in [-0.25, -0.2) is 9.59 Å². The highest BCUT2D eigenvalue weighted by Gasteiger charge is 2.60. The lowest BCUT2D eigenvalue weighted by molar-refractivity contribution is -0.121. The molecular formula is C45H60Cl2O6. The lowest BCUT2D eigenvalue weighted by Crippen LogP contribution is -2.53. The molecule has 6 rings (SSSR count). The van der Waals surface area contributed by atoms with Crippen LogP contribution in [-0.2, 0) is 0 Å². The third-order valence-electron chi connectivity index (χ3n) is 15.1. The SMILES string of the molecule is CC(C)CCC[C@@H](C)C1CCC2C3CCC4C[C@@H](CCC=C(c5cc(Cl)c(O)c(C(=O)O)c5)c5cc(Cl)c(O)c(C(=O)O)c5)CC[C@]4(C)C3CC[C@@]21C. The fraction of sp³-hybridized carbons (Fsp3) is 0.644. The van der Waals surface area contributed by atoms with Crippen molar-refractivity contribution in [2.45, 2.75) is 125 Å². The van der Waals surface area contributed by atoms with E-state index in [1.165, 1.54) is 101 Å². The Kier molecular flexibility index (Phi) is 11.9. The third-order valence-corrected chi connectivity index (χ3v) is 15.7. The zero-order valence-electron chi connectivity index (χ0n) is 32.3. The second-order valence-corrected chi connectivity index (χ2v) is 19.2. The van der Waals surface area contributed by atoms with Gasteiger partial charge in [-0.1, -0.05) is 83.2 Å². The predicted octanol–water partition coefficient (Wildman–Crippen LogP) is 12.8. The predicted molar refractivity (Wildman–Crippen MR) is 213 cm³/mol. The molecule has 0 aromatic heterocycles. The van der Waals surface area contributed by atoms with Crippen molar-refractivity contribution >= 4 is 40.7 Å². The van der Waals surface area contributed by atoms with Gasteiger partial charge in [0.05, 0.1) is 10.0 Å². The fourth-order valence-corrected chi connectivity index (χ4v) is 12.8. The minimum Gasteiger partial charge on any atom is -0.505 e. The lowest BCUT2D eigenvalue weighted by atomic mass is 9.44. The number of aromatic hydroxyl groups is 2. The van der Waals surface area contributed by atoms with Crippen LogP contribution in [0.4, 0.5) is 0 Å². The van der Waals surface area contributed by atoms with Crippen LogP contribution in [-0.4, -0.2) is 32.4 Å². The van der Waals surface area contributed by atoms with E-state index in [1.54, 1.807) is 0 Å². The number of benzene rings is 2. The molecule has 0 spiro atoms. The monoisotopic (exact) mass is 766 g/mol. The minimum atomic E-state index is -1.33. The van der Waals surface area contributed by atoms with Gasteiger partial charge in [0.25, 0.3) is 0 Å². The van der Waals surface area contributed by atoms with Crippen LogP contribution < -0.4 is 0 Å². The molecule has 53 heavy (non-hydrogen) atoms. The smallest absolute Gasteiger partial charge is 0.339 e. The summed E-state index contributed by atoms with van der Waals surface area (Å²) >= 11 is 12.6. The van der Waals surface area contributed by atoms with Gasteiger partial charge in [-0.3, -0.25) is 0 Å². The molecule has 0 bridgehead atoms. The molecule has 0 saturated heterocycles. The van der Waals surface area contributed by atoms with Crippen molar-refractivity contribution in [1.29, 1.82) is 0 Å². The number of fused-ring (bicyclic) bond motifs is 5. The lowest BCUT2D eigenvalue weighted by Gasteiger charge is -2.61. The van der Waals surface area contributed by atoms with Gasteiger partial charge in [0, 0.05) is 0 Å². The van der Waals surface area contributed by atoms with Crippen molar-refractivity contribution in [1.82, 2.24) is 0 Å². The number of allylic oxidation sites excluding steroid dienone is 1. The topological polar surface area (TPSA) is 115 Å². The third kappa shape index (κ3) is 7.75. The first-order valence-corrected chi connectivity index (χ1v) is 21.0. The van der Waals surface area contributed by atoms with E-state index in [0.717, 1.165) is 47.8 Å². The summed E-state index contributed by atoms with van der Waals surface area (Å²) in [5, 5.41) is 40.0. The number of carboxylic acid groups (broad SMARTS) is 2. The summed E-state index contributed by atoms with van der Waals surface area (Å²) in [5.41, 5.74) is 1.58. The van der Waals surface area contributed by atoms with E-state index in [1.807, 2.05) is 6.08 Å². The Hall–Kier alpha value is -2.70. The summed E-state index contributed by atoms with van der Waals surface area (Å²) in [4.78, 5) is 23.9. The maximum atomic E-state index is 12.0. The molecule has 2 aromatic carbocycles. The van der Waals surface area contributed by atoms with Crippen LogP contribution in [0.2, 0.25) is 10.0 Å². The van der Waals surface area contributed by atoms with Gasteiger partial charge in [-0.15, -0.1) is 0 Å².